The minimum absolute atomic E-state index is 0.194. The molecule has 0 aromatic heterocycles. The van der Waals surface area contributed by atoms with Crippen LogP contribution in [0.15, 0.2) is 29.4 Å². The first-order chi connectivity index (χ1) is 9.63. The Labute approximate surface area is 119 Å². The van der Waals surface area contributed by atoms with Gasteiger partial charge in [-0.05, 0) is 42.9 Å². The molecule has 1 aliphatic rings. The van der Waals surface area contributed by atoms with Crippen LogP contribution in [0.5, 0.6) is 5.75 Å². The molecule has 0 amide bonds. The van der Waals surface area contributed by atoms with Crippen molar-refractivity contribution in [3.8, 4) is 5.75 Å². The zero-order chi connectivity index (χ0) is 14.4. The van der Waals surface area contributed by atoms with Gasteiger partial charge in [0, 0.05) is 19.5 Å². The van der Waals surface area contributed by atoms with Crippen LogP contribution in [0.25, 0.3) is 0 Å². The van der Waals surface area contributed by atoms with E-state index in [1.165, 1.54) is 5.56 Å². The summed E-state index contributed by atoms with van der Waals surface area (Å²) in [4.78, 5) is 0. The van der Waals surface area contributed by atoms with Gasteiger partial charge in [0.05, 0.1) is 0 Å². The molecule has 0 heterocycles. The van der Waals surface area contributed by atoms with Gasteiger partial charge < -0.3 is 21.0 Å². The third-order valence-electron chi connectivity index (χ3n) is 3.68. The van der Waals surface area contributed by atoms with Crippen LogP contribution in [0.4, 0.5) is 0 Å². The molecule has 5 nitrogen and oxygen atoms in total. The van der Waals surface area contributed by atoms with Crippen molar-refractivity contribution in [2.75, 3.05) is 19.7 Å². The molecule has 0 saturated heterocycles. The third-order valence-corrected chi connectivity index (χ3v) is 3.68. The minimum atomic E-state index is 0.194. The van der Waals surface area contributed by atoms with Gasteiger partial charge >= 0.3 is 0 Å². The number of ether oxygens (including phenoxy) is 1. The quantitative estimate of drug-likeness (QED) is 0.223. The number of hydrogen-bond donors (Lipinski definition) is 3. The number of nitrogens with one attached hydrogen (secondary N) is 1. The third kappa shape index (κ3) is 4.42. The maximum absolute atomic E-state index is 8.61. The fraction of sp³-hybridized carbons (Fsp3) is 0.533. The lowest BCUT2D eigenvalue weighted by molar-refractivity contribution is 0.303. The van der Waals surface area contributed by atoms with E-state index in [4.69, 9.17) is 15.7 Å². The number of hydrogen-bond acceptors (Lipinski definition) is 4. The molecule has 2 rings (SSSR count). The highest BCUT2D eigenvalue weighted by Gasteiger charge is 2.42. The maximum Gasteiger partial charge on any atom is 0.139 e. The summed E-state index contributed by atoms with van der Waals surface area (Å²) in [6, 6.07) is 8.04. The second-order valence-electron chi connectivity index (χ2n) is 5.61. The summed E-state index contributed by atoms with van der Waals surface area (Å²) in [5.41, 5.74) is 6.96. The van der Waals surface area contributed by atoms with E-state index in [2.05, 4.69) is 23.5 Å². The van der Waals surface area contributed by atoms with Gasteiger partial charge in [0.1, 0.15) is 18.2 Å². The number of nitrogens with two attached hydrogens (primary N) is 1. The molecule has 1 aliphatic carbocycles. The number of oxime groups is 1. The van der Waals surface area contributed by atoms with Crippen molar-refractivity contribution in [2.24, 2.45) is 16.3 Å². The van der Waals surface area contributed by atoms with Gasteiger partial charge in [-0.15, -0.1) is 0 Å². The molecule has 20 heavy (non-hydrogen) atoms. The number of aryl methyl sites for hydroxylation is 1. The largest absolute Gasteiger partial charge is 0.492 e. The molecule has 1 aromatic rings. The predicted octanol–water partition coefficient (Wildman–Crippen LogP) is 1.88. The molecule has 0 atom stereocenters. The first-order valence-electron chi connectivity index (χ1n) is 7.00. The Hall–Kier alpha value is -1.75. The summed E-state index contributed by atoms with van der Waals surface area (Å²) in [5.74, 6) is 1.23. The zero-order valence-corrected chi connectivity index (χ0v) is 11.9. The summed E-state index contributed by atoms with van der Waals surface area (Å²) in [7, 11) is 0. The van der Waals surface area contributed by atoms with E-state index >= 15 is 0 Å². The lowest BCUT2D eigenvalue weighted by atomic mass is 10.0. The Morgan fingerprint density at radius 3 is 2.95 bits per heavy atom. The number of benzene rings is 1. The van der Waals surface area contributed by atoms with E-state index in [9.17, 15) is 0 Å². The second kappa shape index (κ2) is 6.61. The highest BCUT2D eigenvalue weighted by molar-refractivity contribution is 5.80. The predicted molar refractivity (Wildman–Crippen MR) is 79.2 cm³/mol. The fourth-order valence-electron chi connectivity index (χ4n) is 2.31. The summed E-state index contributed by atoms with van der Waals surface area (Å²) in [6.07, 6.45) is 2.93. The minimum Gasteiger partial charge on any atom is -0.492 e. The molecule has 0 spiro atoms. The van der Waals surface area contributed by atoms with Gasteiger partial charge in [-0.3, -0.25) is 0 Å². The Morgan fingerprint density at radius 1 is 1.50 bits per heavy atom. The monoisotopic (exact) mass is 277 g/mol. The Kier molecular flexibility index (Phi) is 4.84. The van der Waals surface area contributed by atoms with Gasteiger partial charge in [-0.25, -0.2) is 0 Å². The van der Waals surface area contributed by atoms with E-state index in [-0.39, 0.29) is 5.41 Å². The summed E-state index contributed by atoms with van der Waals surface area (Å²) in [6.45, 7) is 4.38. The van der Waals surface area contributed by atoms with Crippen molar-refractivity contribution in [2.45, 2.75) is 26.2 Å². The van der Waals surface area contributed by atoms with Crippen LogP contribution in [-0.4, -0.2) is 30.7 Å². The molecule has 0 unspecified atom stereocenters. The summed E-state index contributed by atoms with van der Waals surface area (Å²) >= 11 is 0. The van der Waals surface area contributed by atoms with E-state index in [1.54, 1.807) is 0 Å². The van der Waals surface area contributed by atoms with Gasteiger partial charge in [0.15, 0.2) is 0 Å². The molecule has 5 heteroatoms. The fourth-order valence-corrected chi connectivity index (χ4v) is 2.31. The Bertz CT molecular complexity index is 470. The highest BCUT2D eigenvalue weighted by atomic mass is 16.5. The van der Waals surface area contributed by atoms with Crippen molar-refractivity contribution in [3.05, 3.63) is 29.8 Å². The number of amidine groups is 1. The van der Waals surface area contributed by atoms with E-state index in [0.717, 1.165) is 31.7 Å². The van der Waals surface area contributed by atoms with Crippen LogP contribution >= 0.6 is 0 Å². The van der Waals surface area contributed by atoms with Crippen molar-refractivity contribution in [1.82, 2.24) is 5.32 Å². The van der Waals surface area contributed by atoms with E-state index in [1.807, 2.05) is 18.2 Å². The standard InChI is InChI=1S/C15H23N3O2/c1-12-3-2-4-13(9-12)20-8-7-17-11-15(5-6-15)10-14(16)18-19/h2-4,9,17,19H,5-8,10-11H2,1H3,(H2,16,18). The molecule has 0 bridgehead atoms. The lowest BCUT2D eigenvalue weighted by Crippen LogP contribution is -2.31. The molecular weight excluding hydrogens is 254 g/mol. The van der Waals surface area contributed by atoms with Gasteiger partial charge in [0.25, 0.3) is 0 Å². The maximum atomic E-state index is 8.61. The summed E-state index contributed by atoms with van der Waals surface area (Å²) < 4.78 is 5.67. The van der Waals surface area contributed by atoms with Crippen LogP contribution in [0.3, 0.4) is 0 Å². The molecule has 4 N–H and O–H groups in total. The average Bonchev–Trinajstić information content (AvgIpc) is 3.18. The van der Waals surface area contributed by atoms with E-state index < -0.39 is 0 Å². The van der Waals surface area contributed by atoms with Gasteiger partial charge in [0.2, 0.25) is 0 Å². The van der Waals surface area contributed by atoms with Crippen molar-refractivity contribution < 1.29 is 9.94 Å². The van der Waals surface area contributed by atoms with Gasteiger partial charge in [-0.1, -0.05) is 17.3 Å². The molecule has 0 radical (unpaired) electrons. The first-order valence-corrected chi connectivity index (χ1v) is 7.00. The smallest absolute Gasteiger partial charge is 0.139 e. The average molecular weight is 277 g/mol. The molecule has 1 saturated carbocycles. The molecular formula is C15H23N3O2. The Balaban J connectivity index is 1.62. The molecule has 1 aromatic carbocycles. The van der Waals surface area contributed by atoms with Crippen molar-refractivity contribution >= 4 is 5.84 Å². The van der Waals surface area contributed by atoms with Gasteiger partial charge in [-0.2, -0.15) is 0 Å². The molecule has 110 valence electrons. The topological polar surface area (TPSA) is 79.9 Å². The van der Waals surface area contributed by atoms with Crippen molar-refractivity contribution in [1.29, 1.82) is 0 Å². The number of nitrogens with zero attached hydrogens (tertiary/aromatic N) is 1. The van der Waals surface area contributed by atoms with Crippen LogP contribution in [0.2, 0.25) is 0 Å². The lowest BCUT2D eigenvalue weighted by Gasteiger charge is -2.15. The van der Waals surface area contributed by atoms with Crippen LogP contribution in [-0.2, 0) is 0 Å². The SMILES string of the molecule is Cc1cccc(OCCNCC2(CC(N)=NO)CC2)c1. The highest BCUT2D eigenvalue weighted by Crippen LogP contribution is 2.48. The van der Waals surface area contributed by atoms with Crippen molar-refractivity contribution in [3.63, 3.8) is 0 Å². The van der Waals surface area contributed by atoms with Crippen LogP contribution < -0.4 is 15.8 Å². The van der Waals surface area contributed by atoms with E-state index in [0.29, 0.717) is 18.9 Å². The molecule has 0 aliphatic heterocycles. The second-order valence-corrected chi connectivity index (χ2v) is 5.61. The van der Waals surface area contributed by atoms with Crippen LogP contribution in [0, 0.1) is 12.3 Å². The molecule has 1 fully saturated rings. The Morgan fingerprint density at radius 2 is 2.30 bits per heavy atom. The normalized spacial score (nSPS) is 16.9. The zero-order valence-electron chi connectivity index (χ0n) is 11.9. The summed E-state index contributed by atoms with van der Waals surface area (Å²) in [5, 5.41) is 15.0. The van der Waals surface area contributed by atoms with Crippen LogP contribution in [0.1, 0.15) is 24.8 Å². The first kappa shape index (κ1) is 14.7. The number of rotatable bonds is 8.